The van der Waals surface area contributed by atoms with Crippen LogP contribution in [0.25, 0.3) is 5.78 Å². The van der Waals surface area contributed by atoms with E-state index >= 15 is 0 Å². The van der Waals surface area contributed by atoms with Gasteiger partial charge in [0.15, 0.2) is 11.5 Å². The summed E-state index contributed by atoms with van der Waals surface area (Å²) in [5.74, 6) is 2.98. The number of aromatic nitrogens is 4. The van der Waals surface area contributed by atoms with Gasteiger partial charge in [0, 0.05) is 29.6 Å². The van der Waals surface area contributed by atoms with Gasteiger partial charge in [-0.3, -0.25) is 0 Å². The Bertz CT molecular complexity index is 837. The van der Waals surface area contributed by atoms with E-state index in [4.69, 9.17) is 14.2 Å². The minimum Gasteiger partial charge on any atom is -0.493 e. The van der Waals surface area contributed by atoms with Gasteiger partial charge in [-0.2, -0.15) is 14.6 Å². The third kappa shape index (κ3) is 2.78. The Morgan fingerprint density at radius 2 is 1.75 bits per heavy atom. The van der Waals surface area contributed by atoms with Crippen molar-refractivity contribution in [3.63, 3.8) is 0 Å². The highest BCUT2D eigenvalue weighted by Crippen LogP contribution is 2.40. The van der Waals surface area contributed by atoms with E-state index in [0.29, 0.717) is 23.0 Å². The fourth-order valence-electron chi connectivity index (χ4n) is 2.43. The van der Waals surface area contributed by atoms with Crippen LogP contribution in [-0.4, -0.2) is 40.9 Å². The molecule has 3 rings (SSSR count). The summed E-state index contributed by atoms with van der Waals surface area (Å²) in [6, 6.07) is 5.59. The minimum absolute atomic E-state index is 0.542. The number of fused-ring (bicyclic) bond motifs is 1. The first-order valence-corrected chi connectivity index (χ1v) is 7.46. The first-order chi connectivity index (χ1) is 11.7. The lowest BCUT2D eigenvalue weighted by atomic mass is 10.2. The van der Waals surface area contributed by atoms with E-state index < -0.39 is 0 Å². The van der Waals surface area contributed by atoms with Gasteiger partial charge >= 0.3 is 0 Å². The van der Waals surface area contributed by atoms with Gasteiger partial charge in [-0.25, -0.2) is 4.98 Å². The fourth-order valence-corrected chi connectivity index (χ4v) is 2.43. The van der Waals surface area contributed by atoms with Gasteiger partial charge in [-0.05, 0) is 6.42 Å². The zero-order valence-corrected chi connectivity index (χ0v) is 14.0. The molecule has 0 unspecified atom stereocenters. The largest absolute Gasteiger partial charge is 0.493 e. The second kappa shape index (κ2) is 6.61. The first kappa shape index (κ1) is 15.9. The van der Waals surface area contributed by atoms with Gasteiger partial charge in [-0.15, -0.1) is 0 Å². The second-order valence-corrected chi connectivity index (χ2v) is 5.00. The first-order valence-electron chi connectivity index (χ1n) is 7.46. The number of rotatable bonds is 6. The lowest BCUT2D eigenvalue weighted by Crippen LogP contribution is -2.04. The number of benzene rings is 1. The highest BCUT2D eigenvalue weighted by molar-refractivity contribution is 5.67. The number of ether oxygens (including phenoxy) is 3. The zero-order valence-electron chi connectivity index (χ0n) is 14.0. The Hall–Kier alpha value is -3.03. The van der Waals surface area contributed by atoms with Crippen molar-refractivity contribution in [1.29, 1.82) is 0 Å². The van der Waals surface area contributed by atoms with Crippen LogP contribution in [0.2, 0.25) is 0 Å². The molecule has 1 N–H and O–H groups in total. The molecule has 0 bridgehead atoms. The average Bonchev–Trinajstić information content (AvgIpc) is 3.09. The predicted molar refractivity (Wildman–Crippen MR) is 89.5 cm³/mol. The van der Waals surface area contributed by atoms with E-state index in [1.165, 1.54) is 6.33 Å². The molecule has 126 valence electrons. The van der Waals surface area contributed by atoms with Crippen LogP contribution in [-0.2, 0) is 6.42 Å². The number of nitrogens with one attached hydrogen (secondary N) is 1. The number of anilines is 2. The smallest absolute Gasteiger partial charge is 0.254 e. The molecule has 0 amide bonds. The number of aryl methyl sites for hydroxylation is 1. The quantitative estimate of drug-likeness (QED) is 0.743. The third-order valence-electron chi connectivity index (χ3n) is 3.60. The van der Waals surface area contributed by atoms with E-state index in [0.717, 1.165) is 23.6 Å². The molecule has 0 saturated heterocycles. The van der Waals surface area contributed by atoms with Gasteiger partial charge in [-0.1, -0.05) is 6.92 Å². The van der Waals surface area contributed by atoms with E-state index in [1.807, 2.05) is 25.1 Å². The highest BCUT2D eigenvalue weighted by Gasteiger charge is 2.14. The molecule has 0 aliphatic carbocycles. The van der Waals surface area contributed by atoms with Crippen molar-refractivity contribution in [2.24, 2.45) is 0 Å². The highest BCUT2D eigenvalue weighted by atomic mass is 16.5. The van der Waals surface area contributed by atoms with Crippen molar-refractivity contribution >= 4 is 17.3 Å². The molecule has 8 nitrogen and oxygen atoms in total. The van der Waals surface area contributed by atoms with Crippen LogP contribution in [0.15, 0.2) is 24.5 Å². The molecule has 1 aromatic carbocycles. The van der Waals surface area contributed by atoms with Gasteiger partial charge in [0.05, 0.1) is 21.3 Å². The van der Waals surface area contributed by atoms with Gasteiger partial charge < -0.3 is 19.5 Å². The Morgan fingerprint density at radius 3 is 2.33 bits per heavy atom. The summed E-state index contributed by atoms with van der Waals surface area (Å²) in [4.78, 5) is 8.59. The molecule has 0 atom stereocenters. The summed E-state index contributed by atoms with van der Waals surface area (Å²) >= 11 is 0. The summed E-state index contributed by atoms with van der Waals surface area (Å²) < 4.78 is 17.7. The number of methoxy groups -OCH3 is 3. The van der Waals surface area contributed by atoms with Crippen LogP contribution in [0.4, 0.5) is 11.5 Å². The van der Waals surface area contributed by atoms with Gasteiger partial charge in [0.25, 0.3) is 5.78 Å². The van der Waals surface area contributed by atoms with E-state index in [1.54, 1.807) is 25.8 Å². The molecule has 2 aromatic heterocycles. The normalized spacial score (nSPS) is 10.7. The van der Waals surface area contributed by atoms with Gasteiger partial charge in [0.2, 0.25) is 5.75 Å². The van der Waals surface area contributed by atoms with Crippen LogP contribution in [0.5, 0.6) is 17.2 Å². The SMILES string of the molecule is CCc1cc(Nc2cc(OC)c(OC)c(OC)c2)n2ncnc2n1. The molecule has 8 heteroatoms. The monoisotopic (exact) mass is 329 g/mol. The van der Waals surface area contributed by atoms with Crippen LogP contribution >= 0.6 is 0 Å². The Balaban J connectivity index is 2.06. The summed E-state index contributed by atoms with van der Waals surface area (Å²) in [7, 11) is 4.74. The van der Waals surface area contributed by atoms with Crippen molar-refractivity contribution in [1.82, 2.24) is 19.6 Å². The van der Waals surface area contributed by atoms with Crippen LogP contribution < -0.4 is 19.5 Å². The maximum Gasteiger partial charge on any atom is 0.254 e. The molecule has 0 spiro atoms. The van der Waals surface area contributed by atoms with E-state index in [2.05, 4.69) is 20.4 Å². The van der Waals surface area contributed by atoms with Crippen LogP contribution in [0.1, 0.15) is 12.6 Å². The van der Waals surface area contributed by atoms with Crippen molar-refractivity contribution in [3.8, 4) is 17.2 Å². The van der Waals surface area contributed by atoms with Crippen molar-refractivity contribution in [2.75, 3.05) is 26.6 Å². The Labute approximate surface area is 139 Å². The van der Waals surface area contributed by atoms with Crippen LogP contribution in [0, 0.1) is 0 Å². The second-order valence-electron chi connectivity index (χ2n) is 5.00. The molecule has 3 aromatic rings. The minimum atomic E-state index is 0.542. The zero-order chi connectivity index (χ0) is 17.1. The predicted octanol–water partition coefficient (Wildman–Crippen LogP) is 2.46. The molecule has 0 radical (unpaired) electrons. The number of hydrogen-bond donors (Lipinski definition) is 1. The van der Waals surface area contributed by atoms with Crippen molar-refractivity contribution in [2.45, 2.75) is 13.3 Å². The van der Waals surface area contributed by atoms with Crippen molar-refractivity contribution in [3.05, 3.63) is 30.2 Å². The molecule has 0 fully saturated rings. The van der Waals surface area contributed by atoms with E-state index in [-0.39, 0.29) is 0 Å². The molecular weight excluding hydrogens is 310 g/mol. The van der Waals surface area contributed by atoms with Crippen molar-refractivity contribution < 1.29 is 14.2 Å². The molecule has 0 aliphatic rings. The summed E-state index contributed by atoms with van der Waals surface area (Å²) in [5, 5.41) is 7.52. The molecule has 0 aliphatic heterocycles. The maximum atomic E-state index is 5.38. The summed E-state index contributed by atoms with van der Waals surface area (Å²) in [5.41, 5.74) is 1.69. The van der Waals surface area contributed by atoms with Gasteiger partial charge in [0.1, 0.15) is 12.1 Å². The number of nitrogens with zero attached hydrogens (tertiary/aromatic N) is 4. The molecule has 2 heterocycles. The number of hydrogen-bond acceptors (Lipinski definition) is 7. The Kier molecular flexibility index (Phi) is 4.37. The lowest BCUT2D eigenvalue weighted by Gasteiger charge is -2.15. The molecule has 24 heavy (non-hydrogen) atoms. The van der Waals surface area contributed by atoms with Crippen LogP contribution in [0.3, 0.4) is 0 Å². The standard InChI is InChI=1S/C16H19N5O3/c1-5-10-8-14(21-16(20-10)17-9-18-21)19-11-6-12(22-2)15(24-4)13(7-11)23-3/h6-9,19H,5H2,1-4H3. The molecule has 0 saturated carbocycles. The maximum absolute atomic E-state index is 5.38. The topological polar surface area (TPSA) is 82.8 Å². The molecular formula is C16H19N5O3. The fraction of sp³-hybridized carbons (Fsp3) is 0.312. The summed E-state index contributed by atoms with van der Waals surface area (Å²) in [6.07, 6.45) is 2.27. The lowest BCUT2D eigenvalue weighted by molar-refractivity contribution is 0.324. The van der Waals surface area contributed by atoms with E-state index in [9.17, 15) is 0 Å². The third-order valence-corrected chi connectivity index (χ3v) is 3.60. The average molecular weight is 329 g/mol. The Morgan fingerprint density at radius 1 is 1.04 bits per heavy atom. The summed E-state index contributed by atoms with van der Waals surface area (Å²) in [6.45, 7) is 2.04.